The third-order valence-corrected chi connectivity index (χ3v) is 11.1. The van der Waals surface area contributed by atoms with Crippen LogP contribution in [0.4, 0.5) is 15.8 Å². The Bertz CT molecular complexity index is 2070. The first-order valence-corrected chi connectivity index (χ1v) is 16.6. The van der Waals surface area contributed by atoms with Crippen molar-refractivity contribution < 1.29 is 28.7 Å². The number of phenolic OH excluding ortho intramolecular Hbond substituents is 1. The van der Waals surface area contributed by atoms with Gasteiger partial charge in [-0.3, -0.25) is 29.5 Å². The number of allylic oxidation sites excluding steroid dienone is 2. The fourth-order valence-corrected chi connectivity index (χ4v) is 8.87. The highest BCUT2D eigenvalue weighted by atomic mass is 35.5. The second kappa shape index (κ2) is 11.4. The van der Waals surface area contributed by atoms with Gasteiger partial charge in [-0.2, -0.15) is 5.01 Å². The third-order valence-electron chi connectivity index (χ3n) is 10.9. The summed E-state index contributed by atoms with van der Waals surface area (Å²) >= 11 is 6.34. The molecule has 0 aromatic heterocycles. The molecular weight excluding hydrogens is 645 g/mol. The second-order valence-electron chi connectivity index (χ2n) is 13.2. The molecule has 1 saturated carbocycles. The van der Waals surface area contributed by atoms with Crippen LogP contribution in [-0.2, 0) is 24.6 Å². The van der Waals surface area contributed by atoms with E-state index in [9.17, 15) is 23.9 Å². The molecule has 0 bridgehead atoms. The predicted molar refractivity (Wildman–Crippen MR) is 181 cm³/mol. The van der Waals surface area contributed by atoms with E-state index < -0.39 is 52.6 Å². The molecular formula is C39H31ClFN3O5. The molecule has 2 heterocycles. The van der Waals surface area contributed by atoms with Crippen molar-refractivity contribution >= 4 is 46.6 Å². The highest BCUT2D eigenvalue weighted by Crippen LogP contribution is 2.65. The number of nitrogens with one attached hydrogen (secondary N) is 1. The number of phenols is 1. The molecule has 8 nitrogen and oxygen atoms in total. The van der Waals surface area contributed by atoms with Crippen LogP contribution in [0.5, 0.6) is 5.75 Å². The van der Waals surface area contributed by atoms with Crippen molar-refractivity contribution in [3.8, 4) is 5.75 Å². The number of amides is 4. The molecule has 2 aliphatic heterocycles. The zero-order valence-electron chi connectivity index (χ0n) is 26.3. The number of carbonyl (C=O) groups is 4. The average Bonchev–Trinajstić information content (AvgIpc) is 3.48. The fraction of sp³-hybridized carbons (Fsp3) is 0.231. The number of rotatable bonds is 5. The van der Waals surface area contributed by atoms with Gasteiger partial charge in [-0.25, -0.2) is 4.39 Å². The van der Waals surface area contributed by atoms with Gasteiger partial charge in [-0.15, -0.1) is 0 Å². The Hall–Kier alpha value is -5.28. The predicted octanol–water partition coefficient (Wildman–Crippen LogP) is 6.68. The highest BCUT2D eigenvalue weighted by Gasteiger charge is 2.70. The van der Waals surface area contributed by atoms with Crippen LogP contribution < -0.4 is 10.3 Å². The Morgan fingerprint density at radius 3 is 2.27 bits per heavy atom. The van der Waals surface area contributed by atoms with Gasteiger partial charge in [-0.1, -0.05) is 71.8 Å². The molecule has 2 aliphatic carbocycles. The molecule has 0 spiro atoms. The quantitative estimate of drug-likeness (QED) is 0.181. The first kappa shape index (κ1) is 31.0. The summed E-state index contributed by atoms with van der Waals surface area (Å²) in [6, 6.07) is 26.2. The Kier molecular flexibility index (Phi) is 7.22. The van der Waals surface area contributed by atoms with E-state index >= 15 is 4.79 Å². The molecule has 6 atom stereocenters. The summed E-state index contributed by atoms with van der Waals surface area (Å²) in [5, 5.41) is 13.1. The number of hydrogen-bond acceptors (Lipinski definition) is 6. The summed E-state index contributed by atoms with van der Waals surface area (Å²) in [6.07, 6.45) is 2.31. The van der Waals surface area contributed by atoms with Crippen LogP contribution in [0.3, 0.4) is 0 Å². The van der Waals surface area contributed by atoms with Crippen LogP contribution in [0.25, 0.3) is 0 Å². The lowest BCUT2D eigenvalue weighted by molar-refractivity contribution is -0.138. The average molecular weight is 676 g/mol. The first-order chi connectivity index (χ1) is 23.6. The number of fused-ring (bicyclic) bond motifs is 4. The third kappa shape index (κ3) is 4.48. The minimum Gasteiger partial charge on any atom is -0.507 e. The summed E-state index contributed by atoms with van der Waals surface area (Å²) in [6.45, 7) is 1.76. The van der Waals surface area contributed by atoms with Crippen LogP contribution in [-0.4, -0.2) is 33.7 Å². The van der Waals surface area contributed by atoms with Crippen LogP contribution in [0.2, 0.25) is 5.02 Å². The molecule has 4 aliphatic rings. The SMILES string of the molecule is Cc1cccc(C2C3=CCC4C(=O)N(c5ccccc5)C(=O)C4C3CC3C(=O)N(Nc4ccc(F)cc4)C(=O)C32c2ccc(Cl)cc2)c1O. The highest BCUT2D eigenvalue weighted by molar-refractivity contribution is 6.30. The van der Waals surface area contributed by atoms with Gasteiger partial charge in [0, 0.05) is 16.5 Å². The molecule has 3 fully saturated rings. The number of carbonyl (C=O) groups excluding carboxylic acids is 4. The lowest BCUT2D eigenvalue weighted by Crippen LogP contribution is -2.53. The number of anilines is 2. The molecule has 6 unspecified atom stereocenters. The van der Waals surface area contributed by atoms with E-state index in [2.05, 4.69) is 5.43 Å². The van der Waals surface area contributed by atoms with E-state index in [1.807, 2.05) is 12.1 Å². The summed E-state index contributed by atoms with van der Waals surface area (Å²) < 4.78 is 13.8. The summed E-state index contributed by atoms with van der Waals surface area (Å²) in [5.74, 6) is -6.11. The van der Waals surface area contributed by atoms with E-state index in [1.165, 1.54) is 29.2 Å². The monoisotopic (exact) mass is 675 g/mol. The number of imide groups is 2. The van der Waals surface area contributed by atoms with Gasteiger partial charge in [-0.05, 0) is 85.3 Å². The zero-order chi connectivity index (χ0) is 34.2. The maximum atomic E-state index is 15.2. The van der Waals surface area contributed by atoms with E-state index in [1.54, 1.807) is 73.7 Å². The second-order valence-corrected chi connectivity index (χ2v) is 13.7. The molecule has 8 rings (SSSR count). The molecule has 4 aromatic rings. The number of para-hydroxylation sites is 2. The molecule has 2 saturated heterocycles. The van der Waals surface area contributed by atoms with Crippen molar-refractivity contribution in [2.75, 3.05) is 10.3 Å². The van der Waals surface area contributed by atoms with Gasteiger partial charge in [0.1, 0.15) is 11.6 Å². The summed E-state index contributed by atoms with van der Waals surface area (Å²) in [5.41, 5.74) is 4.45. The molecule has 49 heavy (non-hydrogen) atoms. The maximum absolute atomic E-state index is 15.2. The number of hydrazine groups is 1. The summed E-state index contributed by atoms with van der Waals surface area (Å²) in [7, 11) is 0. The number of benzene rings is 4. The Morgan fingerprint density at radius 1 is 0.837 bits per heavy atom. The lowest BCUT2D eigenvalue weighted by Gasteiger charge is -2.50. The normalized spacial score (nSPS) is 27.5. The van der Waals surface area contributed by atoms with Crippen molar-refractivity contribution in [2.24, 2.45) is 23.7 Å². The van der Waals surface area contributed by atoms with Crippen LogP contribution in [0.15, 0.2) is 109 Å². The lowest BCUT2D eigenvalue weighted by atomic mass is 9.49. The van der Waals surface area contributed by atoms with Crippen molar-refractivity contribution in [3.63, 3.8) is 0 Å². The van der Waals surface area contributed by atoms with E-state index in [-0.39, 0.29) is 30.4 Å². The Morgan fingerprint density at radius 2 is 1.55 bits per heavy atom. The van der Waals surface area contributed by atoms with Crippen molar-refractivity contribution in [3.05, 3.63) is 136 Å². The van der Waals surface area contributed by atoms with Crippen LogP contribution >= 0.6 is 11.6 Å². The van der Waals surface area contributed by atoms with Gasteiger partial charge in [0.2, 0.25) is 11.8 Å². The van der Waals surface area contributed by atoms with E-state index in [0.29, 0.717) is 33.1 Å². The Balaban J connectivity index is 1.34. The largest absolute Gasteiger partial charge is 0.507 e. The van der Waals surface area contributed by atoms with Gasteiger partial charge in [0.05, 0.1) is 34.5 Å². The number of hydrogen-bond donors (Lipinski definition) is 2. The van der Waals surface area contributed by atoms with Gasteiger partial charge < -0.3 is 5.11 Å². The maximum Gasteiger partial charge on any atom is 0.260 e. The smallest absolute Gasteiger partial charge is 0.260 e. The summed E-state index contributed by atoms with van der Waals surface area (Å²) in [4.78, 5) is 59.3. The number of aryl methyl sites for hydroxylation is 1. The van der Waals surface area contributed by atoms with Crippen molar-refractivity contribution in [1.29, 1.82) is 0 Å². The molecule has 0 radical (unpaired) electrons. The molecule has 246 valence electrons. The van der Waals surface area contributed by atoms with Crippen LogP contribution in [0, 0.1) is 36.4 Å². The Labute approximate surface area is 286 Å². The standard InChI is InChI=1S/C39H31ClFN3O5/c1-21-6-5-9-29(34(21)45)33-27-18-19-28-32(37(48)43(35(28)46)26-7-3-2-4-8-26)30(27)20-31-36(47)44(42-25-16-14-24(41)15-17-25)38(49)39(31,33)22-10-12-23(40)13-11-22/h2-18,28,30-33,42,45H,19-20H2,1H3. The minimum atomic E-state index is -1.57. The van der Waals surface area contributed by atoms with Crippen LogP contribution in [0.1, 0.15) is 35.4 Å². The first-order valence-electron chi connectivity index (χ1n) is 16.2. The molecule has 4 amide bonds. The fourth-order valence-electron chi connectivity index (χ4n) is 8.75. The topological polar surface area (TPSA) is 107 Å². The molecule has 4 aromatic carbocycles. The van der Waals surface area contributed by atoms with Gasteiger partial charge in [0.25, 0.3) is 11.8 Å². The van der Waals surface area contributed by atoms with Crippen molar-refractivity contribution in [1.82, 2.24) is 5.01 Å². The van der Waals surface area contributed by atoms with Crippen molar-refractivity contribution in [2.45, 2.75) is 31.1 Å². The molecule has 10 heteroatoms. The van der Waals surface area contributed by atoms with E-state index in [0.717, 1.165) is 10.6 Å². The van der Waals surface area contributed by atoms with E-state index in [4.69, 9.17) is 11.6 Å². The van der Waals surface area contributed by atoms with Gasteiger partial charge in [0.15, 0.2) is 0 Å². The number of aromatic hydroxyl groups is 1. The number of nitrogens with zero attached hydrogens (tertiary/aromatic N) is 2. The molecule has 2 N–H and O–H groups in total. The number of halogens is 2. The zero-order valence-corrected chi connectivity index (χ0v) is 27.1. The van der Waals surface area contributed by atoms with Gasteiger partial charge >= 0.3 is 0 Å². The minimum absolute atomic E-state index is 0.0202.